The van der Waals surface area contributed by atoms with E-state index in [2.05, 4.69) is 26.5 Å². The molecule has 0 radical (unpaired) electrons. The van der Waals surface area contributed by atoms with Crippen LogP contribution in [0.5, 0.6) is 0 Å². The van der Waals surface area contributed by atoms with E-state index in [-0.39, 0.29) is 18.5 Å². The highest BCUT2D eigenvalue weighted by atomic mass is 16.7. The topological polar surface area (TPSA) is 35.5 Å². The molecule has 18 heavy (non-hydrogen) atoms. The van der Waals surface area contributed by atoms with Gasteiger partial charge in [-0.3, -0.25) is 4.79 Å². The first kappa shape index (κ1) is 13.1. The van der Waals surface area contributed by atoms with Gasteiger partial charge >= 0.3 is 0 Å². The summed E-state index contributed by atoms with van der Waals surface area (Å²) in [5.41, 5.74) is 0.815. The summed E-state index contributed by atoms with van der Waals surface area (Å²) in [7, 11) is 0. The molecular formula is C15H20O3. The number of allylic oxidation sites excluding steroid dienone is 3. The van der Waals surface area contributed by atoms with Crippen molar-refractivity contribution in [2.75, 3.05) is 6.79 Å². The number of hydrogen-bond acceptors (Lipinski definition) is 3. The van der Waals surface area contributed by atoms with Gasteiger partial charge in [0.2, 0.25) is 0 Å². The largest absolute Gasteiger partial charge is 0.469 e. The highest BCUT2D eigenvalue weighted by Gasteiger charge is 2.47. The molecule has 1 fully saturated rings. The number of carbonyl (C=O) groups excluding carboxylic acids is 1. The fourth-order valence-electron chi connectivity index (χ4n) is 2.50. The second-order valence-electron chi connectivity index (χ2n) is 5.22. The van der Waals surface area contributed by atoms with Gasteiger partial charge in [-0.1, -0.05) is 17.7 Å². The van der Waals surface area contributed by atoms with Crippen molar-refractivity contribution in [1.82, 2.24) is 0 Å². The summed E-state index contributed by atoms with van der Waals surface area (Å²) in [6.45, 7) is 8.08. The van der Waals surface area contributed by atoms with E-state index in [0.29, 0.717) is 18.6 Å². The number of carbonyl (C=O) groups is 1. The van der Waals surface area contributed by atoms with E-state index >= 15 is 0 Å². The summed E-state index contributed by atoms with van der Waals surface area (Å²) in [4.78, 5) is 11.9. The van der Waals surface area contributed by atoms with Crippen LogP contribution >= 0.6 is 0 Å². The van der Waals surface area contributed by atoms with Crippen LogP contribution in [0.15, 0.2) is 36.1 Å². The van der Waals surface area contributed by atoms with Gasteiger partial charge in [0.15, 0.2) is 12.6 Å². The quantitative estimate of drug-likeness (QED) is 0.717. The van der Waals surface area contributed by atoms with Crippen LogP contribution < -0.4 is 0 Å². The van der Waals surface area contributed by atoms with Crippen molar-refractivity contribution >= 4 is 5.78 Å². The van der Waals surface area contributed by atoms with Gasteiger partial charge in [0.1, 0.15) is 11.4 Å². The van der Waals surface area contributed by atoms with Gasteiger partial charge in [-0.2, -0.15) is 0 Å². The molecular weight excluding hydrogens is 228 g/mol. The van der Waals surface area contributed by atoms with Crippen LogP contribution in [0, 0.1) is 5.92 Å². The molecule has 0 amide bonds. The molecule has 0 aromatic rings. The maximum atomic E-state index is 11.9. The molecule has 2 atom stereocenters. The van der Waals surface area contributed by atoms with Gasteiger partial charge < -0.3 is 9.47 Å². The molecule has 1 aliphatic carbocycles. The third kappa shape index (κ3) is 2.41. The lowest BCUT2D eigenvalue weighted by molar-refractivity contribution is -0.121. The number of rotatable bonds is 4. The zero-order valence-electron chi connectivity index (χ0n) is 11.1. The van der Waals surface area contributed by atoms with Crippen LogP contribution in [0.2, 0.25) is 0 Å². The van der Waals surface area contributed by atoms with Gasteiger partial charge in [-0.15, -0.1) is 6.58 Å². The van der Waals surface area contributed by atoms with E-state index in [1.807, 2.05) is 0 Å². The lowest BCUT2D eigenvalue weighted by atomic mass is 9.77. The van der Waals surface area contributed by atoms with E-state index in [9.17, 15) is 4.79 Å². The van der Waals surface area contributed by atoms with Crippen molar-refractivity contribution in [3.05, 3.63) is 36.1 Å². The first-order valence-corrected chi connectivity index (χ1v) is 6.34. The standard InChI is InChI=1S/C15H20O3/c1-4-5-12-9-15(7-6-11(2)3)14(8-13(12)16)17-10-18-15/h4,6,8,12H,1,5,7,9-10H2,2-3H3/t12-,15+/m0/s1. The first-order chi connectivity index (χ1) is 8.57. The van der Waals surface area contributed by atoms with Crippen LogP contribution in [0.25, 0.3) is 0 Å². The fourth-order valence-corrected chi connectivity index (χ4v) is 2.50. The molecule has 0 N–H and O–H groups in total. The Morgan fingerprint density at radius 1 is 1.61 bits per heavy atom. The predicted octanol–water partition coefficient (Wildman–Crippen LogP) is 3.13. The highest BCUT2D eigenvalue weighted by molar-refractivity contribution is 5.93. The van der Waals surface area contributed by atoms with Gasteiger partial charge in [0, 0.05) is 18.4 Å². The molecule has 3 nitrogen and oxygen atoms in total. The van der Waals surface area contributed by atoms with Crippen molar-refractivity contribution in [3.63, 3.8) is 0 Å². The molecule has 0 spiro atoms. The van der Waals surface area contributed by atoms with Crippen LogP contribution in [0.1, 0.15) is 33.1 Å². The molecule has 1 aliphatic heterocycles. The lowest BCUT2D eigenvalue weighted by Crippen LogP contribution is -2.38. The monoisotopic (exact) mass is 248 g/mol. The molecule has 0 aromatic heterocycles. The molecule has 1 heterocycles. The summed E-state index contributed by atoms with van der Waals surface area (Å²) in [5, 5.41) is 0. The number of fused-ring (bicyclic) bond motifs is 1. The minimum absolute atomic E-state index is 0.0292. The Morgan fingerprint density at radius 2 is 2.39 bits per heavy atom. The van der Waals surface area contributed by atoms with Gasteiger partial charge in [0.05, 0.1) is 0 Å². The SMILES string of the molecule is C=CC[C@H]1C[C@@]2(CC=C(C)C)OCOC2=CC1=O. The van der Waals surface area contributed by atoms with Gasteiger partial charge in [-0.25, -0.2) is 0 Å². The van der Waals surface area contributed by atoms with Crippen LogP contribution in [0.4, 0.5) is 0 Å². The van der Waals surface area contributed by atoms with Crippen molar-refractivity contribution in [2.45, 2.75) is 38.7 Å². The zero-order chi connectivity index (χ0) is 13.2. The zero-order valence-corrected chi connectivity index (χ0v) is 11.1. The molecule has 3 heteroatoms. The Hall–Kier alpha value is -1.35. The maximum Gasteiger partial charge on any atom is 0.189 e. The average Bonchev–Trinajstić information content (AvgIpc) is 2.71. The molecule has 1 saturated heterocycles. The Bertz CT molecular complexity index is 415. The Kier molecular flexibility index (Phi) is 3.71. The first-order valence-electron chi connectivity index (χ1n) is 6.34. The molecule has 0 aromatic carbocycles. The maximum absolute atomic E-state index is 11.9. The molecule has 0 bridgehead atoms. The smallest absolute Gasteiger partial charge is 0.189 e. The van der Waals surface area contributed by atoms with E-state index in [0.717, 1.165) is 6.42 Å². The van der Waals surface area contributed by atoms with Crippen molar-refractivity contribution < 1.29 is 14.3 Å². The summed E-state index contributed by atoms with van der Waals surface area (Å²) >= 11 is 0. The van der Waals surface area contributed by atoms with Crippen LogP contribution in [-0.2, 0) is 14.3 Å². The third-order valence-corrected chi connectivity index (χ3v) is 3.54. The third-order valence-electron chi connectivity index (χ3n) is 3.54. The second-order valence-corrected chi connectivity index (χ2v) is 5.22. The lowest BCUT2D eigenvalue weighted by Gasteiger charge is -2.32. The van der Waals surface area contributed by atoms with Crippen molar-refractivity contribution in [2.24, 2.45) is 5.92 Å². The molecule has 2 rings (SSSR count). The number of ether oxygens (including phenoxy) is 2. The minimum Gasteiger partial charge on any atom is -0.469 e. The summed E-state index contributed by atoms with van der Waals surface area (Å²) in [6, 6.07) is 0. The van der Waals surface area contributed by atoms with Crippen LogP contribution in [0.3, 0.4) is 0 Å². The Morgan fingerprint density at radius 3 is 3.06 bits per heavy atom. The van der Waals surface area contributed by atoms with E-state index in [1.165, 1.54) is 5.57 Å². The van der Waals surface area contributed by atoms with Gasteiger partial charge in [0.25, 0.3) is 0 Å². The molecule has 98 valence electrons. The highest BCUT2D eigenvalue weighted by Crippen LogP contribution is 2.43. The van der Waals surface area contributed by atoms with Crippen molar-refractivity contribution in [3.8, 4) is 0 Å². The van der Waals surface area contributed by atoms with E-state index < -0.39 is 5.60 Å². The molecule has 0 saturated carbocycles. The average molecular weight is 248 g/mol. The summed E-state index contributed by atoms with van der Waals surface area (Å²) < 4.78 is 11.3. The van der Waals surface area contributed by atoms with E-state index in [4.69, 9.17) is 9.47 Å². The molecule has 2 aliphatic rings. The summed E-state index contributed by atoms with van der Waals surface area (Å²) in [5.74, 6) is 0.798. The van der Waals surface area contributed by atoms with Crippen LogP contribution in [-0.4, -0.2) is 18.2 Å². The van der Waals surface area contributed by atoms with Gasteiger partial charge in [-0.05, 0) is 26.7 Å². The van der Waals surface area contributed by atoms with Crippen molar-refractivity contribution in [1.29, 1.82) is 0 Å². The number of hydrogen-bond donors (Lipinski definition) is 0. The second kappa shape index (κ2) is 5.11. The minimum atomic E-state index is -0.432. The van der Waals surface area contributed by atoms with E-state index in [1.54, 1.807) is 12.2 Å². The predicted molar refractivity (Wildman–Crippen MR) is 69.8 cm³/mol. The Labute approximate surface area is 108 Å². The fraction of sp³-hybridized carbons (Fsp3) is 0.533. The summed E-state index contributed by atoms with van der Waals surface area (Å²) in [6.07, 6.45) is 7.71. The molecule has 0 unspecified atom stereocenters. The number of ketones is 1. The Balaban J connectivity index is 2.26. The normalized spacial score (nSPS) is 30.2.